The third-order valence-corrected chi connectivity index (χ3v) is 2.27. The number of rotatable bonds is 1. The van der Waals surface area contributed by atoms with Crippen molar-refractivity contribution in [1.82, 2.24) is 10.3 Å². The highest BCUT2D eigenvalue weighted by Gasteiger charge is 2.24. The topological polar surface area (TPSA) is 45.2 Å². The summed E-state index contributed by atoms with van der Waals surface area (Å²) in [5.74, 6) is -0.239. The van der Waals surface area contributed by atoms with E-state index in [1.807, 2.05) is 6.92 Å². The third kappa shape index (κ3) is 2.06. The molecular weight excluding hydrogens is 197 g/mol. The Morgan fingerprint density at radius 3 is 3.13 bits per heavy atom. The van der Waals surface area contributed by atoms with Crippen LogP contribution in [0.1, 0.15) is 6.92 Å². The Labute approximate surface area is 87.1 Å². The summed E-state index contributed by atoms with van der Waals surface area (Å²) in [7, 11) is 0. The Kier molecular flexibility index (Phi) is 2.53. The number of nitrogens with one attached hydrogen (secondary N) is 1. The van der Waals surface area contributed by atoms with Crippen molar-refractivity contribution in [2.75, 3.05) is 18.0 Å². The number of carbonyl (C=O) groups excluding carboxylic acids is 1. The zero-order valence-corrected chi connectivity index (χ0v) is 8.40. The molecule has 1 fully saturated rings. The Balaban J connectivity index is 2.23. The molecule has 4 nitrogen and oxygen atoms in total. The minimum Gasteiger partial charge on any atom is -0.350 e. The first-order chi connectivity index (χ1) is 7.16. The Hall–Kier alpha value is -1.65. The molecular formula is C10H12FN3O. The number of pyridine rings is 1. The minimum absolute atomic E-state index is 0.0210. The van der Waals surface area contributed by atoms with Crippen molar-refractivity contribution in [3.05, 3.63) is 24.1 Å². The lowest BCUT2D eigenvalue weighted by atomic mass is 10.2. The van der Waals surface area contributed by atoms with Gasteiger partial charge in [-0.15, -0.1) is 0 Å². The van der Waals surface area contributed by atoms with Crippen LogP contribution in [-0.4, -0.2) is 30.0 Å². The van der Waals surface area contributed by atoms with E-state index in [0.29, 0.717) is 6.54 Å². The van der Waals surface area contributed by atoms with Gasteiger partial charge in [-0.1, -0.05) is 0 Å². The molecule has 0 bridgehead atoms. The van der Waals surface area contributed by atoms with Crippen LogP contribution in [0.25, 0.3) is 0 Å². The van der Waals surface area contributed by atoms with Gasteiger partial charge in [-0.3, -0.25) is 4.79 Å². The molecule has 80 valence electrons. The molecule has 0 spiro atoms. The van der Waals surface area contributed by atoms with Gasteiger partial charge in [0.2, 0.25) is 5.91 Å². The molecule has 1 saturated heterocycles. The SMILES string of the molecule is C[C@H]1CN(c2ncccc2F)CC(=O)N1. The standard InChI is InChI=1S/C10H12FN3O/c1-7-5-14(6-9(15)13-7)10-8(11)3-2-4-12-10/h2-4,7H,5-6H2,1H3,(H,13,15)/t7-/m0/s1. The summed E-state index contributed by atoms with van der Waals surface area (Å²) in [5, 5.41) is 2.77. The molecule has 1 N–H and O–H groups in total. The Morgan fingerprint density at radius 2 is 2.47 bits per heavy atom. The number of nitrogens with zero attached hydrogens (tertiary/aromatic N) is 2. The molecule has 1 aromatic heterocycles. The van der Waals surface area contributed by atoms with Gasteiger partial charge in [-0.05, 0) is 19.1 Å². The van der Waals surface area contributed by atoms with E-state index in [9.17, 15) is 9.18 Å². The van der Waals surface area contributed by atoms with Crippen molar-refractivity contribution in [1.29, 1.82) is 0 Å². The van der Waals surface area contributed by atoms with Crippen LogP contribution in [0.4, 0.5) is 10.2 Å². The zero-order valence-electron chi connectivity index (χ0n) is 8.40. The van der Waals surface area contributed by atoms with Crippen molar-refractivity contribution in [3.8, 4) is 0 Å². The summed E-state index contributed by atoms with van der Waals surface area (Å²) < 4.78 is 13.4. The third-order valence-electron chi connectivity index (χ3n) is 2.27. The highest BCUT2D eigenvalue weighted by Crippen LogP contribution is 2.16. The lowest BCUT2D eigenvalue weighted by molar-refractivity contribution is -0.121. The van der Waals surface area contributed by atoms with E-state index >= 15 is 0 Å². The van der Waals surface area contributed by atoms with Gasteiger partial charge >= 0.3 is 0 Å². The van der Waals surface area contributed by atoms with Crippen molar-refractivity contribution in [3.63, 3.8) is 0 Å². The van der Waals surface area contributed by atoms with Crippen LogP contribution >= 0.6 is 0 Å². The summed E-state index contributed by atoms with van der Waals surface area (Å²) in [6.07, 6.45) is 1.52. The first-order valence-electron chi connectivity index (χ1n) is 4.81. The van der Waals surface area contributed by atoms with Crippen LogP contribution in [0.15, 0.2) is 18.3 Å². The number of halogens is 1. The van der Waals surface area contributed by atoms with Gasteiger partial charge < -0.3 is 10.2 Å². The predicted molar refractivity (Wildman–Crippen MR) is 54.0 cm³/mol. The molecule has 1 aromatic rings. The van der Waals surface area contributed by atoms with Crippen LogP contribution < -0.4 is 10.2 Å². The Bertz CT molecular complexity index is 383. The number of amides is 1. The van der Waals surface area contributed by atoms with E-state index in [1.165, 1.54) is 18.3 Å². The van der Waals surface area contributed by atoms with Gasteiger partial charge in [-0.25, -0.2) is 9.37 Å². The smallest absolute Gasteiger partial charge is 0.239 e. The molecule has 1 atom stereocenters. The second-order valence-electron chi connectivity index (χ2n) is 3.66. The first-order valence-corrected chi connectivity index (χ1v) is 4.81. The normalized spacial score (nSPS) is 21.3. The molecule has 2 rings (SSSR count). The molecule has 1 amide bonds. The molecule has 0 radical (unpaired) electrons. The van der Waals surface area contributed by atoms with Crippen LogP contribution in [0.3, 0.4) is 0 Å². The van der Waals surface area contributed by atoms with E-state index in [0.717, 1.165) is 0 Å². The van der Waals surface area contributed by atoms with E-state index < -0.39 is 0 Å². The van der Waals surface area contributed by atoms with E-state index in [4.69, 9.17) is 0 Å². The number of hydrogen-bond donors (Lipinski definition) is 1. The molecule has 0 aromatic carbocycles. The maximum Gasteiger partial charge on any atom is 0.239 e. The van der Waals surface area contributed by atoms with Crippen LogP contribution in [0, 0.1) is 5.82 Å². The molecule has 1 aliphatic heterocycles. The van der Waals surface area contributed by atoms with E-state index in [1.54, 1.807) is 4.90 Å². The highest BCUT2D eigenvalue weighted by molar-refractivity contribution is 5.82. The largest absolute Gasteiger partial charge is 0.350 e. The molecule has 5 heteroatoms. The van der Waals surface area contributed by atoms with Gasteiger partial charge in [0.15, 0.2) is 11.6 Å². The molecule has 1 aliphatic rings. The number of carbonyl (C=O) groups is 1. The Morgan fingerprint density at radius 1 is 1.67 bits per heavy atom. The summed E-state index contributed by atoms with van der Waals surface area (Å²) >= 11 is 0. The first kappa shape index (κ1) is 9.89. The summed E-state index contributed by atoms with van der Waals surface area (Å²) in [6.45, 7) is 2.63. The van der Waals surface area contributed by atoms with Crippen molar-refractivity contribution < 1.29 is 9.18 Å². The van der Waals surface area contributed by atoms with E-state index in [2.05, 4.69) is 10.3 Å². The quantitative estimate of drug-likeness (QED) is 0.734. The van der Waals surface area contributed by atoms with Crippen molar-refractivity contribution in [2.24, 2.45) is 0 Å². The number of piperazine rings is 1. The minimum atomic E-state index is -0.389. The van der Waals surface area contributed by atoms with E-state index in [-0.39, 0.29) is 30.1 Å². The van der Waals surface area contributed by atoms with Crippen molar-refractivity contribution >= 4 is 11.7 Å². The van der Waals surface area contributed by atoms with Gasteiger partial charge in [0, 0.05) is 18.8 Å². The monoisotopic (exact) mass is 209 g/mol. The summed E-state index contributed by atoms with van der Waals surface area (Å²) in [5.41, 5.74) is 0. The number of anilines is 1. The summed E-state index contributed by atoms with van der Waals surface area (Å²) in [4.78, 5) is 16.9. The predicted octanol–water partition coefficient (Wildman–Crippen LogP) is 0.545. The highest BCUT2D eigenvalue weighted by atomic mass is 19.1. The van der Waals surface area contributed by atoms with Crippen LogP contribution in [0.5, 0.6) is 0 Å². The maximum atomic E-state index is 13.4. The zero-order chi connectivity index (χ0) is 10.8. The average Bonchev–Trinajstić information content (AvgIpc) is 2.16. The summed E-state index contributed by atoms with van der Waals surface area (Å²) in [6, 6.07) is 2.90. The molecule has 15 heavy (non-hydrogen) atoms. The maximum absolute atomic E-state index is 13.4. The lowest BCUT2D eigenvalue weighted by Gasteiger charge is -2.31. The van der Waals surface area contributed by atoms with Crippen LogP contribution in [-0.2, 0) is 4.79 Å². The lowest BCUT2D eigenvalue weighted by Crippen LogP contribution is -2.53. The second-order valence-corrected chi connectivity index (χ2v) is 3.66. The second kappa shape index (κ2) is 3.84. The fourth-order valence-electron chi connectivity index (χ4n) is 1.71. The molecule has 0 saturated carbocycles. The average molecular weight is 209 g/mol. The molecule has 0 unspecified atom stereocenters. The van der Waals surface area contributed by atoms with Gasteiger partial charge in [0.1, 0.15) is 0 Å². The number of hydrogen-bond acceptors (Lipinski definition) is 3. The van der Waals surface area contributed by atoms with Gasteiger partial charge in [0.25, 0.3) is 0 Å². The van der Waals surface area contributed by atoms with Gasteiger partial charge in [0.05, 0.1) is 6.54 Å². The molecule has 0 aliphatic carbocycles. The fraction of sp³-hybridized carbons (Fsp3) is 0.400. The van der Waals surface area contributed by atoms with Crippen LogP contribution in [0.2, 0.25) is 0 Å². The van der Waals surface area contributed by atoms with Crippen molar-refractivity contribution in [2.45, 2.75) is 13.0 Å². The molecule has 2 heterocycles. The van der Waals surface area contributed by atoms with Gasteiger partial charge in [-0.2, -0.15) is 0 Å². The fourth-order valence-corrected chi connectivity index (χ4v) is 1.71. The number of aromatic nitrogens is 1.